The number of benzene rings is 3. The molecule has 0 aliphatic carbocycles. The molecule has 0 spiro atoms. The molecule has 0 fully saturated rings. The summed E-state index contributed by atoms with van der Waals surface area (Å²) in [6.07, 6.45) is 0. The quantitative estimate of drug-likeness (QED) is 0.547. The van der Waals surface area contributed by atoms with Gasteiger partial charge in [-0.2, -0.15) is 0 Å². The fraction of sp³-hybridized carbons (Fsp3) is 0.154. The molecule has 3 aromatic rings. The second-order valence-electron chi connectivity index (χ2n) is 7.97. The highest BCUT2D eigenvalue weighted by Gasteiger charge is 2.41. The zero-order valence-electron chi connectivity index (χ0n) is 18.2. The Labute approximate surface area is 185 Å². The maximum absolute atomic E-state index is 13.8. The van der Waals surface area contributed by atoms with Crippen LogP contribution >= 0.6 is 0 Å². The molecule has 2 amide bonds. The number of nitrogens with zero attached hydrogens (tertiary/aromatic N) is 1. The molecule has 6 heteroatoms. The highest BCUT2D eigenvalue weighted by molar-refractivity contribution is 6.46. The lowest BCUT2D eigenvalue weighted by Crippen LogP contribution is -2.33. The highest BCUT2D eigenvalue weighted by atomic mass is 19.2. The van der Waals surface area contributed by atoms with Gasteiger partial charge in [0, 0.05) is 11.8 Å². The summed E-state index contributed by atoms with van der Waals surface area (Å²) >= 11 is 0. The monoisotopic (exact) mass is 432 g/mol. The topological polar surface area (TPSA) is 49.4 Å². The Balaban J connectivity index is 1.88. The number of aryl methyl sites for hydroxylation is 3. The fourth-order valence-electron chi connectivity index (χ4n) is 3.73. The van der Waals surface area contributed by atoms with Crippen LogP contribution in [0.4, 0.5) is 20.2 Å². The van der Waals surface area contributed by atoms with E-state index in [2.05, 4.69) is 5.32 Å². The number of anilines is 2. The van der Waals surface area contributed by atoms with E-state index in [1.165, 1.54) is 6.07 Å². The van der Waals surface area contributed by atoms with E-state index < -0.39 is 23.4 Å². The molecule has 3 aromatic carbocycles. The number of carbonyl (C=O) groups excluding carboxylic acids is 2. The molecule has 1 heterocycles. The van der Waals surface area contributed by atoms with E-state index in [1.807, 2.05) is 45.9 Å². The Morgan fingerprint density at radius 3 is 2.19 bits per heavy atom. The molecule has 4 rings (SSSR count). The van der Waals surface area contributed by atoms with Crippen molar-refractivity contribution in [1.82, 2.24) is 0 Å². The van der Waals surface area contributed by atoms with Crippen molar-refractivity contribution in [3.05, 3.63) is 99.7 Å². The van der Waals surface area contributed by atoms with E-state index in [1.54, 1.807) is 18.2 Å². The van der Waals surface area contributed by atoms with Gasteiger partial charge in [0.1, 0.15) is 5.70 Å². The summed E-state index contributed by atoms with van der Waals surface area (Å²) in [6.45, 7) is 7.63. The van der Waals surface area contributed by atoms with Crippen LogP contribution in [0.15, 0.2) is 60.3 Å². The van der Waals surface area contributed by atoms with Crippen molar-refractivity contribution in [2.45, 2.75) is 27.7 Å². The SMILES string of the molecule is Cc1ccc(C2=C(Nc3ccc(F)c(F)c3)C(=O)N(c3cccc(C)c3C)C2=O)cc1C. The van der Waals surface area contributed by atoms with Crippen LogP contribution in [0, 0.1) is 39.3 Å². The first-order valence-corrected chi connectivity index (χ1v) is 10.2. The molecular weight excluding hydrogens is 410 g/mol. The zero-order chi connectivity index (χ0) is 23.2. The summed E-state index contributed by atoms with van der Waals surface area (Å²) in [7, 11) is 0. The molecule has 1 aliphatic rings. The van der Waals surface area contributed by atoms with Gasteiger partial charge < -0.3 is 5.32 Å². The molecular formula is C26H22F2N2O2. The van der Waals surface area contributed by atoms with Crippen molar-refractivity contribution in [2.24, 2.45) is 0 Å². The Morgan fingerprint density at radius 2 is 1.50 bits per heavy atom. The molecule has 32 heavy (non-hydrogen) atoms. The van der Waals surface area contributed by atoms with Gasteiger partial charge in [0.05, 0.1) is 11.3 Å². The predicted molar refractivity (Wildman–Crippen MR) is 121 cm³/mol. The van der Waals surface area contributed by atoms with Gasteiger partial charge in [0.2, 0.25) is 0 Å². The third kappa shape index (κ3) is 3.58. The Bertz CT molecular complexity index is 1310. The van der Waals surface area contributed by atoms with Crippen molar-refractivity contribution in [3.8, 4) is 0 Å². The number of hydrogen-bond acceptors (Lipinski definition) is 3. The smallest absolute Gasteiger partial charge is 0.282 e. The average Bonchev–Trinajstić information content (AvgIpc) is 2.99. The lowest BCUT2D eigenvalue weighted by Gasteiger charge is -2.19. The van der Waals surface area contributed by atoms with Crippen LogP contribution in [0.3, 0.4) is 0 Å². The maximum Gasteiger partial charge on any atom is 0.282 e. The van der Waals surface area contributed by atoms with Crippen LogP contribution in [0.1, 0.15) is 27.8 Å². The van der Waals surface area contributed by atoms with Gasteiger partial charge >= 0.3 is 0 Å². The molecule has 0 saturated heterocycles. The number of carbonyl (C=O) groups is 2. The minimum Gasteiger partial charge on any atom is -0.350 e. The zero-order valence-corrected chi connectivity index (χ0v) is 18.2. The van der Waals surface area contributed by atoms with Gasteiger partial charge in [-0.25, -0.2) is 13.7 Å². The summed E-state index contributed by atoms with van der Waals surface area (Å²) in [5.41, 5.74) is 5.20. The summed E-state index contributed by atoms with van der Waals surface area (Å²) in [5, 5.41) is 2.87. The normalized spacial score (nSPS) is 13.9. The van der Waals surface area contributed by atoms with Crippen LogP contribution in [-0.4, -0.2) is 11.8 Å². The Morgan fingerprint density at radius 1 is 0.750 bits per heavy atom. The van der Waals surface area contributed by atoms with Crippen LogP contribution in [0.2, 0.25) is 0 Å². The second kappa shape index (κ2) is 8.04. The number of nitrogens with one attached hydrogen (secondary N) is 1. The van der Waals surface area contributed by atoms with Crippen LogP contribution in [0.5, 0.6) is 0 Å². The van der Waals surface area contributed by atoms with E-state index in [4.69, 9.17) is 0 Å². The minimum atomic E-state index is -1.05. The van der Waals surface area contributed by atoms with Crippen molar-refractivity contribution < 1.29 is 18.4 Å². The van der Waals surface area contributed by atoms with Crippen LogP contribution in [-0.2, 0) is 9.59 Å². The van der Waals surface area contributed by atoms with Gasteiger partial charge in [-0.1, -0.05) is 30.3 Å². The van der Waals surface area contributed by atoms with Gasteiger partial charge in [-0.15, -0.1) is 0 Å². The number of rotatable bonds is 4. The van der Waals surface area contributed by atoms with Crippen molar-refractivity contribution in [1.29, 1.82) is 0 Å². The summed E-state index contributed by atoms with van der Waals surface area (Å²) in [6, 6.07) is 14.2. The minimum absolute atomic E-state index is 0.0187. The Hall–Kier alpha value is -3.80. The molecule has 162 valence electrons. The number of hydrogen-bond donors (Lipinski definition) is 1. The highest BCUT2D eigenvalue weighted by Crippen LogP contribution is 2.36. The average molecular weight is 432 g/mol. The third-order valence-electron chi connectivity index (χ3n) is 5.89. The van der Waals surface area contributed by atoms with E-state index >= 15 is 0 Å². The molecule has 0 bridgehead atoms. The van der Waals surface area contributed by atoms with Crippen LogP contribution in [0.25, 0.3) is 5.57 Å². The molecule has 0 aromatic heterocycles. The van der Waals surface area contributed by atoms with Gasteiger partial charge in [0.25, 0.3) is 11.8 Å². The lowest BCUT2D eigenvalue weighted by atomic mass is 9.99. The standard InChI is InChI=1S/C26H22F2N2O2/c1-14-8-9-18(12-16(14)3)23-24(29-19-10-11-20(27)21(28)13-19)26(32)30(25(23)31)22-7-5-6-15(2)17(22)4/h5-13,29H,1-4H3. The number of halogens is 2. The first-order chi connectivity index (χ1) is 15.2. The Kier molecular flexibility index (Phi) is 5.38. The molecule has 0 radical (unpaired) electrons. The molecule has 0 atom stereocenters. The fourth-order valence-corrected chi connectivity index (χ4v) is 3.73. The van der Waals surface area contributed by atoms with Crippen molar-refractivity contribution >= 4 is 28.8 Å². The lowest BCUT2D eigenvalue weighted by molar-refractivity contribution is -0.120. The van der Waals surface area contributed by atoms with Crippen molar-refractivity contribution in [2.75, 3.05) is 10.2 Å². The van der Waals surface area contributed by atoms with E-state index in [-0.39, 0.29) is 17.0 Å². The largest absolute Gasteiger partial charge is 0.350 e. The summed E-state index contributed by atoms with van der Waals surface area (Å²) in [4.78, 5) is 28.2. The summed E-state index contributed by atoms with van der Waals surface area (Å²) < 4.78 is 27.2. The number of imide groups is 1. The van der Waals surface area contributed by atoms with E-state index in [0.717, 1.165) is 39.3 Å². The van der Waals surface area contributed by atoms with Gasteiger partial charge in [-0.05, 0) is 73.7 Å². The van der Waals surface area contributed by atoms with E-state index in [9.17, 15) is 18.4 Å². The number of amides is 2. The van der Waals surface area contributed by atoms with Crippen LogP contribution < -0.4 is 10.2 Å². The van der Waals surface area contributed by atoms with Gasteiger partial charge in [0.15, 0.2) is 11.6 Å². The summed E-state index contributed by atoms with van der Waals surface area (Å²) in [5.74, 6) is -3.07. The second-order valence-corrected chi connectivity index (χ2v) is 7.97. The van der Waals surface area contributed by atoms with Gasteiger partial charge in [-0.3, -0.25) is 9.59 Å². The molecule has 4 nitrogen and oxygen atoms in total. The van der Waals surface area contributed by atoms with E-state index in [0.29, 0.717) is 11.3 Å². The first-order valence-electron chi connectivity index (χ1n) is 10.2. The molecule has 1 N–H and O–H groups in total. The van der Waals surface area contributed by atoms with Crippen molar-refractivity contribution in [3.63, 3.8) is 0 Å². The third-order valence-corrected chi connectivity index (χ3v) is 5.89. The molecule has 0 saturated carbocycles. The molecule has 0 unspecified atom stereocenters. The maximum atomic E-state index is 13.8. The molecule has 1 aliphatic heterocycles. The first kappa shape index (κ1) is 21.4. The predicted octanol–water partition coefficient (Wildman–Crippen LogP) is 5.60.